The van der Waals surface area contributed by atoms with Gasteiger partial charge in [0.05, 0.1) is 0 Å². The molecule has 3 aromatic rings. The lowest BCUT2D eigenvalue weighted by atomic mass is 10.0. The standard InChI is InChI=1S/C27H33O3P/c1-16-10-25(11-17(2)22(16)7)28-31(29-26-12-18(3)23(8)19(4)13-26)30-27-14-20(5)24(9)21(6)15-27/h10-15H,1-9H3. The van der Waals surface area contributed by atoms with E-state index in [1.807, 2.05) is 36.4 Å². The first-order chi connectivity index (χ1) is 14.5. The van der Waals surface area contributed by atoms with Gasteiger partial charge in [0, 0.05) is 0 Å². The molecule has 3 aromatic carbocycles. The molecule has 0 unspecified atom stereocenters. The van der Waals surface area contributed by atoms with Crippen molar-refractivity contribution in [3.05, 3.63) is 86.5 Å². The fourth-order valence-electron chi connectivity index (χ4n) is 3.46. The van der Waals surface area contributed by atoms with E-state index >= 15 is 0 Å². The van der Waals surface area contributed by atoms with Crippen molar-refractivity contribution >= 4 is 8.60 Å². The summed E-state index contributed by atoms with van der Waals surface area (Å²) in [5.74, 6) is 2.27. The third-order valence-electron chi connectivity index (χ3n) is 6.24. The highest BCUT2D eigenvalue weighted by Crippen LogP contribution is 2.44. The molecular formula is C27H33O3P. The van der Waals surface area contributed by atoms with Gasteiger partial charge >= 0.3 is 8.60 Å². The number of aryl methyl sites for hydroxylation is 6. The van der Waals surface area contributed by atoms with Gasteiger partial charge in [-0.2, -0.15) is 0 Å². The molecule has 0 fully saturated rings. The van der Waals surface area contributed by atoms with Crippen LogP contribution >= 0.6 is 8.60 Å². The van der Waals surface area contributed by atoms with E-state index < -0.39 is 8.60 Å². The second-order valence-corrected chi connectivity index (χ2v) is 9.54. The molecule has 0 amide bonds. The van der Waals surface area contributed by atoms with Crippen molar-refractivity contribution in [2.24, 2.45) is 0 Å². The van der Waals surface area contributed by atoms with E-state index in [-0.39, 0.29) is 0 Å². The lowest BCUT2D eigenvalue weighted by molar-refractivity contribution is 0.387. The first kappa shape index (κ1) is 23.2. The molecule has 0 aliphatic heterocycles. The minimum Gasteiger partial charge on any atom is -0.408 e. The highest BCUT2D eigenvalue weighted by Gasteiger charge is 2.22. The maximum atomic E-state index is 6.28. The van der Waals surface area contributed by atoms with Crippen molar-refractivity contribution < 1.29 is 13.6 Å². The van der Waals surface area contributed by atoms with E-state index in [9.17, 15) is 0 Å². The minimum absolute atomic E-state index is 0.757. The van der Waals surface area contributed by atoms with Gasteiger partial charge in [-0.15, -0.1) is 0 Å². The fourth-order valence-corrected chi connectivity index (χ4v) is 4.40. The Morgan fingerprint density at radius 1 is 0.387 bits per heavy atom. The van der Waals surface area contributed by atoms with Crippen LogP contribution in [0.15, 0.2) is 36.4 Å². The Balaban J connectivity index is 1.95. The van der Waals surface area contributed by atoms with Crippen molar-refractivity contribution in [2.75, 3.05) is 0 Å². The predicted octanol–water partition coefficient (Wildman–Crippen LogP) is 8.23. The van der Waals surface area contributed by atoms with Gasteiger partial charge in [0.25, 0.3) is 0 Å². The van der Waals surface area contributed by atoms with Crippen molar-refractivity contribution in [3.8, 4) is 17.2 Å². The van der Waals surface area contributed by atoms with Crippen LogP contribution < -0.4 is 13.6 Å². The Bertz CT molecular complexity index is 907. The molecular weight excluding hydrogens is 403 g/mol. The van der Waals surface area contributed by atoms with Crippen LogP contribution in [0.4, 0.5) is 0 Å². The minimum atomic E-state index is -1.69. The van der Waals surface area contributed by atoms with Crippen molar-refractivity contribution in [3.63, 3.8) is 0 Å². The van der Waals surface area contributed by atoms with Crippen LogP contribution in [-0.2, 0) is 0 Å². The lowest BCUT2D eigenvalue weighted by Crippen LogP contribution is -2.04. The average Bonchev–Trinajstić information content (AvgIpc) is 2.68. The molecule has 0 bridgehead atoms. The van der Waals surface area contributed by atoms with E-state index in [0.29, 0.717) is 0 Å². The summed E-state index contributed by atoms with van der Waals surface area (Å²) in [4.78, 5) is 0. The topological polar surface area (TPSA) is 27.7 Å². The lowest BCUT2D eigenvalue weighted by Gasteiger charge is -2.20. The molecule has 0 aromatic heterocycles. The van der Waals surface area contributed by atoms with E-state index in [0.717, 1.165) is 17.2 Å². The van der Waals surface area contributed by atoms with Gasteiger partial charge in [0.15, 0.2) is 0 Å². The second-order valence-electron chi connectivity index (χ2n) is 8.54. The first-order valence-corrected chi connectivity index (χ1v) is 11.7. The van der Waals surface area contributed by atoms with Gasteiger partial charge in [0.2, 0.25) is 0 Å². The van der Waals surface area contributed by atoms with Crippen molar-refractivity contribution in [1.29, 1.82) is 0 Å². The fraction of sp³-hybridized carbons (Fsp3) is 0.333. The third kappa shape index (κ3) is 5.40. The molecule has 0 aliphatic rings. The Hall–Kier alpha value is -2.51. The zero-order chi connectivity index (χ0) is 22.9. The van der Waals surface area contributed by atoms with Crippen LogP contribution in [0.2, 0.25) is 0 Å². The smallest absolute Gasteiger partial charge is 0.408 e. The average molecular weight is 437 g/mol. The van der Waals surface area contributed by atoms with Gasteiger partial charge in [-0.3, -0.25) is 0 Å². The maximum Gasteiger partial charge on any atom is 0.530 e. The second kappa shape index (κ2) is 9.32. The Morgan fingerprint density at radius 2 is 0.581 bits per heavy atom. The molecule has 0 atom stereocenters. The van der Waals surface area contributed by atoms with E-state index in [1.165, 1.54) is 50.1 Å². The summed E-state index contributed by atoms with van der Waals surface area (Å²) in [5.41, 5.74) is 10.9. The summed E-state index contributed by atoms with van der Waals surface area (Å²) in [5, 5.41) is 0. The van der Waals surface area contributed by atoms with Gasteiger partial charge in [-0.1, -0.05) is 0 Å². The van der Waals surface area contributed by atoms with Crippen LogP contribution in [0.1, 0.15) is 50.1 Å². The monoisotopic (exact) mass is 436 g/mol. The summed E-state index contributed by atoms with van der Waals surface area (Å²) in [6.07, 6.45) is 0. The summed E-state index contributed by atoms with van der Waals surface area (Å²) in [6.45, 7) is 18.9. The molecule has 164 valence electrons. The SMILES string of the molecule is Cc1cc(OP(Oc2cc(C)c(C)c(C)c2)Oc2cc(C)c(C)c(C)c2)cc(C)c1C. The highest BCUT2D eigenvalue weighted by atomic mass is 31.2. The number of rotatable bonds is 6. The van der Waals surface area contributed by atoms with Crippen LogP contribution in [0.25, 0.3) is 0 Å². The van der Waals surface area contributed by atoms with Crippen LogP contribution in [0.3, 0.4) is 0 Å². The van der Waals surface area contributed by atoms with Gasteiger partial charge in [-0.05, 0) is 149 Å². The molecule has 0 heterocycles. The molecule has 0 aliphatic carbocycles. The number of benzene rings is 3. The summed E-state index contributed by atoms with van der Waals surface area (Å²) < 4.78 is 18.8. The summed E-state index contributed by atoms with van der Waals surface area (Å²) in [6, 6.07) is 12.3. The largest absolute Gasteiger partial charge is 0.530 e. The van der Waals surface area contributed by atoms with Crippen LogP contribution in [-0.4, -0.2) is 0 Å². The Kier molecular flexibility index (Phi) is 6.96. The maximum absolute atomic E-state index is 6.28. The first-order valence-electron chi connectivity index (χ1n) is 10.6. The van der Waals surface area contributed by atoms with Gasteiger partial charge in [-0.25, -0.2) is 0 Å². The van der Waals surface area contributed by atoms with E-state index in [2.05, 4.69) is 62.3 Å². The highest BCUT2D eigenvalue weighted by molar-refractivity contribution is 7.43. The third-order valence-corrected chi connectivity index (χ3v) is 7.32. The Morgan fingerprint density at radius 3 is 0.774 bits per heavy atom. The van der Waals surface area contributed by atoms with Crippen LogP contribution in [0.5, 0.6) is 17.2 Å². The molecule has 0 saturated carbocycles. The van der Waals surface area contributed by atoms with Gasteiger partial charge < -0.3 is 13.6 Å². The van der Waals surface area contributed by atoms with Gasteiger partial charge in [0.1, 0.15) is 17.2 Å². The van der Waals surface area contributed by atoms with E-state index in [4.69, 9.17) is 13.6 Å². The summed E-state index contributed by atoms with van der Waals surface area (Å²) >= 11 is 0. The molecule has 3 nitrogen and oxygen atoms in total. The molecule has 0 radical (unpaired) electrons. The predicted molar refractivity (Wildman–Crippen MR) is 131 cm³/mol. The molecule has 3 rings (SSSR count). The van der Waals surface area contributed by atoms with Crippen molar-refractivity contribution in [1.82, 2.24) is 0 Å². The molecule has 31 heavy (non-hydrogen) atoms. The van der Waals surface area contributed by atoms with Crippen LogP contribution in [0, 0.1) is 62.3 Å². The Labute approximate surface area is 188 Å². The quantitative estimate of drug-likeness (QED) is 0.364. The zero-order valence-corrected chi connectivity index (χ0v) is 21.0. The summed E-state index contributed by atoms with van der Waals surface area (Å²) in [7, 11) is -1.69. The number of hydrogen-bond acceptors (Lipinski definition) is 3. The molecule has 0 spiro atoms. The molecule has 0 saturated heterocycles. The number of hydrogen-bond donors (Lipinski definition) is 0. The van der Waals surface area contributed by atoms with E-state index in [1.54, 1.807) is 0 Å². The molecule has 0 N–H and O–H groups in total. The van der Waals surface area contributed by atoms with Crippen molar-refractivity contribution in [2.45, 2.75) is 62.3 Å². The molecule has 4 heteroatoms. The zero-order valence-electron chi connectivity index (χ0n) is 20.1. The normalized spacial score (nSPS) is 11.0.